The number of nitrogens with two attached hydrogens (primary N) is 1. The Labute approximate surface area is 121 Å². The first-order valence-corrected chi connectivity index (χ1v) is 7.13. The summed E-state index contributed by atoms with van der Waals surface area (Å²) in [7, 11) is 0. The van der Waals surface area contributed by atoms with E-state index in [0.29, 0.717) is 6.04 Å². The summed E-state index contributed by atoms with van der Waals surface area (Å²) in [6, 6.07) is 12.8. The van der Waals surface area contributed by atoms with Crippen molar-refractivity contribution in [3.8, 4) is 0 Å². The predicted molar refractivity (Wildman–Crippen MR) is 84.3 cm³/mol. The second-order valence-electron chi connectivity index (χ2n) is 5.37. The maximum absolute atomic E-state index is 6.04. The Bertz CT molecular complexity index is 523. The normalized spacial score (nSPS) is 11.2. The van der Waals surface area contributed by atoms with Crippen LogP contribution in [0.1, 0.15) is 25.0 Å². The molecule has 0 amide bonds. The summed E-state index contributed by atoms with van der Waals surface area (Å²) in [6.45, 7) is 6.38. The van der Waals surface area contributed by atoms with Crippen molar-refractivity contribution in [2.45, 2.75) is 32.9 Å². The van der Waals surface area contributed by atoms with Gasteiger partial charge < -0.3 is 5.73 Å². The van der Waals surface area contributed by atoms with Gasteiger partial charge in [0.05, 0.1) is 0 Å². The van der Waals surface area contributed by atoms with Gasteiger partial charge in [0.2, 0.25) is 0 Å². The Kier molecular flexibility index (Phi) is 5.13. The molecule has 0 aliphatic carbocycles. The number of nitrogens with zero attached hydrogens (tertiary/aromatic N) is 2. The van der Waals surface area contributed by atoms with Gasteiger partial charge in [0, 0.05) is 37.2 Å². The van der Waals surface area contributed by atoms with Crippen molar-refractivity contribution in [3.63, 3.8) is 0 Å². The van der Waals surface area contributed by atoms with E-state index >= 15 is 0 Å². The van der Waals surface area contributed by atoms with E-state index in [1.54, 1.807) is 0 Å². The second kappa shape index (κ2) is 7.06. The molecule has 3 heteroatoms. The maximum Gasteiger partial charge on any atom is 0.0359 e. The molecule has 1 heterocycles. The Morgan fingerprint density at radius 1 is 1.10 bits per heavy atom. The van der Waals surface area contributed by atoms with Crippen LogP contribution in [0.5, 0.6) is 0 Å². The van der Waals surface area contributed by atoms with Crippen molar-refractivity contribution in [2.24, 2.45) is 0 Å². The standard InChI is InChI=1S/C17H23N3/c1-14(2)20(12-9-15-7-10-19-11-8-15)13-16-5-3-4-6-17(16)18/h3-8,10-11,14H,9,12-13,18H2,1-2H3. The Hall–Kier alpha value is -1.87. The number of benzene rings is 1. The van der Waals surface area contributed by atoms with Crippen molar-refractivity contribution < 1.29 is 0 Å². The number of pyridine rings is 1. The molecule has 1 aromatic heterocycles. The van der Waals surface area contributed by atoms with Gasteiger partial charge in [-0.05, 0) is 49.6 Å². The zero-order valence-electron chi connectivity index (χ0n) is 12.3. The van der Waals surface area contributed by atoms with E-state index < -0.39 is 0 Å². The zero-order chi connectivity index (χ0) is 14.4. The third kappa shape index (κ3) is 4.07. The molecular weight excluding hydrogens is 246 g/mol. The van der Waals surface area contributed by atoms with Crippen LogP contribution in [0.25, 0.3) is 0 Å². The summed E-state index contributed by atoms with van der Waals surface area (Å²) in [5, 5.41) is 0. The fourth-order valence-corrected chi connectivity index (χ4v) is 2.24. The molecular formula is C17H23N3. The van der Waals surface area contributed by atoms with Crippen LogP contribution in [0.2, 0.25) is 0 Å². The third-order valence-electron chi connectivity index (χ3n) is 3.60. The van der Waals surface area contributed by atoms with Crippen molar-refractivity contribution in [2.75, 3.05) is 12.3 Å². The van der Waals surface area contributed by atoms with Crippen LogP contribution < -0.4 is 5.73 Å². The molecule has 0 fully saturated rings. The van der Waals surface area contributed by atoms with E-state index in [1.165, 1.54) is 11.1 Å². The number of nitrogen functional groups attached to an aromatic ring is 1. The first-order valence-electron chi connectivity index (χ1n) is 7.13. The van der Waals surface area contributed by atoms with Gasteiger partial charge in [-0.1, -0.05) is 18.2 Å². The SMILES string of the molecule is CC(C)N(CCc1ccncc1)Cc1ccccc1N. The van der Waals surface area contributed by atoms with E-state index in [-0.39, 0.29) is 0 Å². The molecule has 0 aliphatic rings. The summed E-state index contributed by atoms with van der Waals surface area (Å²) >= 11 is 0. The molecule has 2 rings (SSSR count). The fraction of sp³-hybridized carbons (Fsp3) is 0.353. The number of para-hydroxylation sites is 1. The highest BCUT2D eigenvalue weighted by Gasteiger charge is 2.11. The monoisotopic (exact) mass is 269 g/mol. The number of hydrogen-bond acceptors (Lipinski definition) is 3. The molecule has 0 saturated heterocycles. The minimum absolute atomic E-state index is 0.497. The van der Waals surface area contributed by atoms with E-state index in [2.05, 4.69) is 41.9 Å². The molecule has 0 aliphatic heterocycles. The highest BCUT2D eigenvalue weighted by Crippen LogP contribution is 2.15. The Morgan fingerprint density at radius 2 is 1.80 bits per heavy atom. The van der Waals surface area contributed by atoms with Gasteiger partial charge >= 0.3 is 0 Å². The Morgan fingerprint density at radius 3 is 2.45 bits per heavy atom. The minimum Gasteiger partial charge on any atom is -0.398 e. The average Bonchev–Trinajstić information content (AvgIpc) is 2.46. The summed E-state index contributed by atoms with van der Waals surface area (Å²) in [6.07, 6.45) is 4.74. The van der Waals surface area contributed by atoms with Crippen molar-refractivity contribution in [1.29, 1.82) is 0 Å². The van der Waals surface area contributed by atoms with Crippen molar-refractivity contribution in [3.05, 3.63) is 59.9 Å². The molecule has 0 saturated carbocycles. The van der Waals surface area contributed by atoms with Crippen LogP contribution in [0.4, 0.5) is 5.69 Å². The molecule has 20 heavy (non-hydrogen) atoms. The summed E-state index contributed by atoms with van der Waals surface area (Å²) in [5.41, 5.74) is 9.45. The number of aromatic nitrogens is 1. The number of rotatable bonds is 6. The van der Waals surface area contributed by atoms with Gasteiger partial charge in [0.15, 0.2) is 0 Å². The van der Waals surface area contributed by atoms with Gasteiger partial charge in [-0.25, -0.2) is 0 Å². The van der Waals surface area contributed by atoms with Crippen LogP contribution >= 0.6 is 0 Å². The molecule has 0 bridgehead atoms. The predicted octanol–water partition coefficient (Wildman–Crippen LogP) is 3.12. The smallest absolute Gasteiger partial charge is 0.0359 e. The topological polar surface area (TPSA) is 42.2 Å². The lowest BCUT2D eigenvalue weighted by molar-refractivity contribution is 0.216. The molecule has 1 aromatic carbocycles. The molecule has 0 radical (unpaired) electrons. The summed E-state index contributed by atoms with van der Waals surface area (Å²) in [4.78, 5) is 6.51. The average molecular weight is 269 g/mol. The van der Waals surface area contributed by atoms with Crippen LogP contribution in [0, 0.1) is 0 Å². The molecule has 2 N–H and O–H groups in total. The molecule has 2 aromatic rings. The molecule has 0 atom stereocenters. The van der Waals surface area contributed by atoms with Crippen molar-refractivity contribution >= 4 is 5.69 Å². The first-order chi connectivity index (χ1) is 9.66. The van der Waals surface area contributed by atoms with Crippen LogP contribution in [0.3, 0.4) is 0 Å². The lowest BCUT2D eigenvalue weighted by atomic mass is 10.1. The zero-order valence-corrected chi connectivity index (χ0v) is 12.3. The highest BCUT2D eigenvalue weighted by atomic mass is 15.1. The minimum atomic E-state index is 0.497. The first kappa shape index (κ1) is 14.5. The molecule has 3 nitrogen and oxygen atoms in total. The van der Waals surface area contributed by atoms with E-state index in [9.17, 15) is 0 Å². The lowest BCUT2D eigenvalue weighted by Crippen LogP contribution is -2.32. The van der Waals surface area contributed by atoms with Gasteiger partial charge in [0.1, 0.15) is 0 Å². The van der Waals surface area contributed by atoms with Crippen LogP contribution in [-0.2, 0) is 13.0 Å². The third-order valence-corrected chi connectivity index (χ3v) is 3.60. The van der Waals surface area contributed by atoms with Crippen molar-refractivity contribution in [1.82, 2.24) is 9.88 Å². The lowest BCUT2D eigenvalue weighted by Gasteiger charge is -2.27. The summed E-state index contributed by atoms with van der Waals surface area (Å²) in [5.74, 6) is 0. The van der Waals surface area contributed by atoms with E-state index in [1.807, 2.05) is 30.6 Å². The van der Waals surface area contributed by atoms with Gasteiger partial charge in [0.25, 0.3) is 0 Å². The largest absolute Gasteiger partial charge is 0.398 e. The molecule has 0 spiro atoms. The summed E-state index contributed by atoms with van der Waals surface area (Å²) < 4.78 is 0. The quantitative estimate of drug-likeness (QED) is 0.819. The van der Waals surface area contributed by atoms with E-state index in [4.69, 9.17) is 5.73 Å². The highest BCUT2D eigenvalue weighted by molar-refractivity contribution is 5.46. The molecule has 0 unspecified atom stereocenters. The molecule has 106 valence electrons. The number of hydrogen-bond donors (Lipinski definition) is 1. The van der Waals surface area contributed by atoms with E-state index in [0.717, 1.165) is 25.2 Å². The van der Waals surface area contributed by atoms with Gasteiger partial charge in [-0.15, -0.1) is 0 Å². The van der Waals surface area contributed by atoms with Gasteiger partial charge in [-0.2, -0.15) is 0 Å². The second-order valence-corrected chi connectivity index (χ2v) is 5.37. The number of anilines is 1. The van der Waals surface area contributed by atoms with Gasteiger partial charge in [-0.3, -0.25) is 9.88 Å². The Balaban J connectivity index is 1.99. The van der Waals surface area contributed by atoms with Crippen LogP contribution in [-0.4, -0.2) is 22.5 Å². The maximum atomic E-state index is 6.04. The van der Waals surface area contributed by atoms with Crippen LogP contribution in [0.15, 0.2) is 48.8 Å². The fourth-order valence-electron chi connectivity index (χ4n) is 2.24.